The second-order valence-electron chi connectivity index (χ2n) is 6.75. The molecule has 26 heavy (non-hydrogen) atoms. The highest BCUT2D eigenvalue weighted by Gasteiger charge is 2.23. The number of aryl methyl sites for hydroxylation is 1. The van der Waals surface area contributed by atoms with E-state index in [0.717, 1.165) is 17.5 Å². The van der Waals surface area contributed by atoms with Crippen LogP contribution in [0.15, 0.2) is 84.9 Å². The first-order chi connectivity index (χ1) is 12.6. The smallest absolute Gasteiger partial charge is 0.310 e. The minimum absolute atomic E-state index is 0.199. The Kier molecular flexibility index (Phi) is 5.85. The molecule has 0 saturated carbocycles. The number of aliphatic carboxylic acids is 1. The summed E-state index contributed by atoms with van der Waals surface area (Å²) >= 11 is 0. The van der Waals surface area contributed by atoms with Crippen LogP contribution in [0, 0.1) is 6.92 Å². The Morgan fingerprint density at radius 1 is 0.731 bits per heavy atom. The van der Waals surface area contributed by atoms with E-state index in [0.29, 0.717) is 6.42 Å². The largest absolute Gasteiger partial charge is 0.481 e. The molecule has 132 valence electrons. The maximum atomic E-state index is 11.9. The predicted octanol–water partition coefficient (Wildman–Crippen LogP) is 5.78. The van der Waals surface area contributed by atoms with Crippen molar-refractivity contribution in [3.05, 3.63) is 107 Å². The summed E-state index contributed by atoms with van der Waals surface area (Å²) < 4.78 is 0. The third kappa shape index (κ3) is 4.40. The standard InChI is InChI=1S/C24H24O2/c1-18-12-14-21(15-13-18)23(24(25)26)17-16-22(19-8-4-2-5-9-19)20-10-6-3-7-11-20/h2-15,22-23H,16-17H2,1H3,(H,25,26)/t23-/m0/s1. The van der Waals surface area contributed by atoms with Gasteiger partial charge < -0.3 is 5.11 Å². The summed E-state index contributed by atoms with van der Waals surface area (Å²) in [5.41, 5.74) is 4.48. The van der Waals surface area contributed by atoms with Crippen LogP contribution >= 0.6 is 0 Å². The van der Waals surface area contributed by atoms with E-state index in [9.17, 15) is 9.90 Å². The zero-order valence-electron chi connectivity index (χ0n) is 15.0. The Hall–Kier alpha value is -2.87. The highest BCUT2D eigenvalue weighted by molar-refractivity contribution is 5.76. The Morgan fingerprint density at radius 3 is 1.69 bits per heavy atom. The fourth-order valence-corrected chi connectivity index (χ4v) is 3.46. The van der Waals surface area contributed by atoms with Gasteiger partial charge >= 0.3 is 5.97 Å². The van der Waals surface area contributed by atoms with Crippen LogP contribution in [0.5, 0.6) is 0 Å². The van der Waals surface area contributed by atoms with E-state index in [1.807, 2.05) is 67.6 Å². The van der Waals surface area contributed by atoms with E-state index < -0.39 is 11.9 Å². The van der Waals surface area contributed by atoms with Gasteiger partial charge in [-0.3, -0.25) is 4.79 Å². The molecule has 0 aliphatic carbocycles. The van der Waals surface area contributed by atoms with Crippen LogP contribution in [-0.4, -0.2) is 11.1 Å². The van der Waals surface area contributed by atoms with Crippen LogP contribution in [0.3, 0.4) is 0 Å². The molecule has 0 radical (unpaired) electrons. The molecule has 2 nitrogen and oxygen atoms in total. The third-order valence-electron chi connectivity index (χ3n) is 4.93. The Bertz CT molecular complexity index is 784. The second-order valence-corrected chi connectivity index (χ2v) is 6.75. The summed E-state index contributed by atoms with van der Waals surface area (Å²) in [5.74, 6) is -1.04. The molecule has 3 rings (SSSR count). The highest BCUT2D eigenvalue weighted by Crippen LogP contribution is 2.33. The van der Waals surface area contributed by atoms with Gasteiger partial charge in [0, 0.05) is 5.92 Å². The molecule has 0 saturated heterocycles. The molecule has 0 aliphatic heterocycles. The van der Waals surface area contributed by atoms with Crippen molar-refractivity contribution < 1.29 is 9.90 Å². The lowest BCUT2D eigenvalue weighted by Gasteiger charge is -2.21. The van der Waals surface area contributed by atoms with E-state index in [1.165, 1.54) is 11.1 Å². The summed E-state index contributed by atoms with van der Waals surface area (Å²) in [7, 11) is 0. The molecule has 3 aromatic rings. The molecule has 3 aromatic carbocycles. The van der Waals surface area contributed by atoms with E-state index in [2.05, 4.69) is 24.3 Å². The molecule has 0 aromatic heterocycles. The van der Waals surface area contributed by atoms with Gasteiger partial charge in [0.25, 0.3) is 0 Å². The molecule has 0 aliphatic rings. The van der Waals surface area contributed by atoms with E-state index >= 15 is 0 Å². The number of carbonyl (C=O) groups is 1. The summed E-state index contributed by atoms with van der Waals surface area (Å²) in [4.78, 5) is 11.9. The fourth-order valence-electron chi connectivity index (χ4n) is 3.46. The van der Waals surface area contributed by atoms with Crippen molar-refractivity contribution in [3.63, 3.8) is 0 Å². The number of carboxylic acids is 1. The van der Waals surface area contributed by atoms with Crippen LogP contribution in [0.4, 0.5) is 0 Å². The number of carboxylic acid groups (broad SMARTS) is 1. The Balaban J connectivity index is 1.84. The van der Waals surface area contributed by atoms with Crippen molar-refractivity contribution in [1.82, 2.24) is 0 Å². The Morgan fingerprint density at radius 2 is 1.23 bits per heavy atom. The van der Waals surface area contributed by atoms with Crippen LogP contribution in [-0.2, 0) is 4.79 Å². The molecule has 2 heteroatoms. The van der Waals surface area contributed by atoms with Gasteiger partial charge in [0.1, 0.15) is 0 Å². The van der Waals surface area contributed by atoms with Gasteiger partial charge in [-0.2, -0.15) is 0 Å². The molecule has 0 fully saturated rings. The van der Waals surface area contributed by atoms with Crippen molar-refractivity contribution in [2.75, 3.05) is 0 Å². The van der Waals surface area contributed by atoms with Gasteiger partial charge in [-0.25, -0.2) is 0 Å². The van der Waals surface area contributed by atoms with Crippen LogP contribution in [0.1, 0.15) is 46.9 Å². The van der Waals surface area contributed by atoms with Crippen molar-refractivity contribution in [1.29, 1.82) is 0 Å². The number of hydrogen-bond donors (Lipinski definition) is 1. The molecular formula is C24H24O2. The highest BCUT2D eigenvalue weighted by atomic mass is 16.4. The molecule has 1 N–H and O–H groups in total. The van der Waals surface area contributed by atoms with Crippen LogP contribution < -0.4 is 0 Å². The molecule has 0 bridgehead atoms. The minimum atomic E-state index is -0.756. The molecule has 0 unspecified atom stereocenters. The van der Waals surface area contributed by atoms with Gasteiger partial charge in [0.05, 0.1) is 5.92 Å². The fraction of sp³-hybridized carbons (Fsp3) is 0.208. The van der Waals surface area contributed by atoms with Crippen molar-refractivity contribution in [2.45, 2.75) is 31.6 Å². The van der Waals surface area contributed by atoms with Gasteiger partial charge in [-0.1, -0.05) is 90.5 Å². The lowest BCUT2D eigenvalue weighted by atomic mass is 9.83. The minimum Gasteiger partial charge on any atom is -0.481 e. The zero-order valence-corrected chi connectivity index (χ0v) is 15.0. The van der Waals surface area contributed by atoms with Gasteiger partial charge in [0.15, 0.2) is 0 Å². The molecule has 0 heterocycles. The maximum Gasteiger partial charge on any atom is 0.310 e. The van der Waals surface area contributed by atoms with Gasteiger partial charge in [0.2, 0.25) is 0 Å². The summed E-state index contributed by atoms with van der Waals surface area (Å²) in [6.07, 6.45) is 1.39. The van der Waals surface area contributed by atoms with Crippen molar-refractivity contribution >= 4 is 5.97 Å². The van der Waals surface area contributed by atoms with E-state index in [-0.39, 0.29) is 5.92 Å². The maximum absolute atomic E-state index is 11.9. The third-order valence-corrected chi connectivity index (χ3v) is 4.93. The molecule has 1 atom stereocenters. The van der Waals surface area contributed by atoms with Crippen LogP contribution in [0.2, 0.25) is 0 Å². The first-order valence-corrected chi connectivity index (χ1v) is 9.04. The topological polar surface area (TPSA) is 37.3 Å². The average molecular weight is 344 g/mol. The molecular weight excluding hydrogens is 320 g/mol. The van der Waals surface area contributed by atoms with Crippen molar-refractivity contribution in [3.8, 4) is 0 Å². The summed E-state index contributed by atoms with van der Waals surface area (Å²) in [6.45, 7) is 2.01. The first-order valence-electron chi connectivity index (χ1n) is 9.04. The van der Waals surface area contributed by atoms with Crippen molar-refractivity contribution in [2.24, 2.45) is 0 Å². The van der Waals surface area contributed by atoms with E-state index in [1.54, 1.807) is 0 Å². The number of hydrogen-bond acceptors (Lipinski definition) is 1. The Labute approximate surface area is 155 Å². The molecule has 0 spiro atoms. The lowest BCUT2D eigenvalue weighted by molar-refractivity contribution is -0.139. The second kappa shape index (κ2) is 8.48. The zero-order chi connectivity index (χ0) is 18.4. The first kappa shape index (κ1) is 17.9. The molecule has 0 amide bonds. The summed E-state index contributed by atoms with van der Waals surface area (Å²) in [5, 5.41) is 9.75. The van der Waals surface area contributed by atoms with Gasteiger partial charge in [-0.05, 0) is 36.5 Å². The van der Waals surface area contributed by atoms with E-state index in [4.69, 9.17) is 0 Å². The normalized spacial score (nSPS) is 12.1. The predicted molar refractivity (Wildman–Crippen MR) is 106 cm³/mol. The monoisotopic (exact) mass is 344 g/mol. The average Bonchev–Trinajstić information content (AvgIpc) is 2.67. The number of benzene rings is 3. The number of rotatable bonds is 7. The van der Waals surface area contributed by atoms with Gasteiger partial charge in [-0.15, -0.1) is 0 Å². The SMILES string of the molecule is Cc1ccc([C@H](CCC(c2ccccc2)c2ccccc2)C(=O)O)cc1. The quantitative estimate of drug-likeness (QED) is 0.590. The van der Waals surface area contributed by atoms with Crippen LogP contribution in [0.25, 0.3) is 0 Å². The summed E-state index contributed by atoms with van der Waals surface area (Å²) in [6, 6.07) is 28.5. The lowest BCUT2D eigenvalue weighted by Crippen LogP contribution is -2.13.